The molecule has 8 heteroatoms. The molecule has 0 radical (unpaired) electrons. The van der Waals surface area contributed by atoms with Crippen molar-refractivity contribution in [2.75, 3.05) is 30.8 Å². The molecule has 0 amide bonds. The Morgan fingerprint density at radius 2 is 2.33 bits per heavy atom. The third kappa shape index (κ3) is 3.69. The highest BCUT2D eigenvalue weighted by atomic mass is 16.5. The molecule has 1 fully saturated rings. The van der Waals surface area contributed by atoms with Gasteiger partial charge >= 0.3 is 5.69 Å². The summed E-state index contributed by atoms with van der Waals surface area (Å²) in [7, 11) is 0. The number of nitrogens with zero attached hydrogens (tertiary/aromatic N) is 3. The molecule has 2 aromatic rings. The molecule has 1 aliphatic heterocycles. The number of ether oxygens (including phenoxy) is 1. The molecule has 1 atom stereocenters. The van der Waals surface area contributed by atoms with Crippen molar-refractivity contribution in [3.63, 3.8) is 0 Å². The predicted molar refractivity (Wildman–Crippen MR) is 94.1 cm³/mol. The van der Waals surface area contributed by atoms with Crippen molar-refractivity contribution in [1.82, 2.24) is 19.5 Å². The van der Waals surface area contributed by atoms with E-state index in [2.05, 4.69) is 27.2 Å². The highest BCUT2D eigenvalue weighted by Crippen LogP contribution is 2.20. The van der Waals surface area contributed by atoms with E-state index in [0.29, 0.717) is 35.4 Å². The second kappa shape index (κ2) is 7.65. The molecular formula is C16H26N6O2. The van der Waals surface area contributed by atoms with Gasteiger partial charge in [0, 0.05) is 26.3 Å². The molecule has 3 heterocycles. The number of anilines is 2. The number of H-pyrrole nitrogens is 1. The van der Waals surface area contributed by atoms with Crippen molar-refractivity contribution in [3.8, 4) is 0 Å². The molecule has 1 aliphatic rings. The van der Waals surface area contributed by atoms with Crippen molar-refractivity contribution in [3.05, 3.63) is 10.5 Å². The summed E-state index contributed by atoms with van der Waals surface area (Å²) in [5.74, 6) is 1.27. The Balaban J connectivity index is 1.80. The van der Waals surface area contributed by atoms with Crippen molar-refractivity contribution in [2.24, 2.45) is 5.92 Å². The standard InChI is InChI=1S/C16H26N6O2/c1-2-3-7-18-15-20-13(17)12-14(21-15)22(16(23)19-12)8-6-11-5-4-9-24-10-11/h11H,2-10H2,1H3,(H,19,23)(H3,17,18,20,21). The first-order valence-electron chi connectivity index (χ1n) is 8.76. The second-order valence-corrected chi connectivity index (χ2v) is 6.37. The first-order valence-corrected chi connectivity index (χ1v) is 8.76. The van der Waals surface area contributed by atoms with Crippen LogP contribution in [0.3, 0.4) is 0 Å². The molecule has 24 heavy (non-hydrogen) atoms. The van der Waals surface area contributed by atoms with Gasteiger partial charge in [0.25, 0.3) is 0 Å². The number of aryl methyl sites for hydroxylation is 1. The number of nitrogens with two attached hydrogens (primary N) is 1. The summed E-state index contributed by atoms with van der Waals surface area (Å²) in [4.78, 5) is 23.8. The fraction of sp³-hybridized carbons (Fsp3) is 0.688. The third-order valence-corrected chi connectivity index (χ3v) is 4.48. The Morgan fingerprint density at radius 3 is 3.08 bits per heavy atom. The van der Waals surface area contributed by atoms with Gasteiger partial charge in [0.2, 0.25) is 5.95 Å². The maximum atomic E-state index is 12.3. The van der Waals surface area contributed by atoms with Gasteiger partial charge in [0.05, 0.1) is 0 Å². The number of nitrogens with one attached hydrogen (secondary N) is 2. The van der Waals surface area contributed by atoms with Crippen LogP contribution >= 0.6 is 0 Å². The summed E-state index contributed by atoms with van der Waals surface area (Å²) in [5, 5.41) is 3.17. The van der Waals surface area contributed by atoms with Gasteiger partial charge in [0.1, 0.15) is 5.52 Å². The average Bonchev–Trinajstić information content (AvgIpc) is 2.90. The molecule has 0 saturated carbocycles. The SMILES string of the molecule is CCCCNc1nc(N)c2[nH]c(=O)n(CCC3CCCOC3)c2n1. The summed E-state index contributed by atoms with van der Waals surface area (Å²) in [5.41, 5.74) is 6.89. The Hall–Kier alpha value is -2.09. The van der Waals surface area contributed by atoms with Crippen LogP contribution in [0.1, 0.15) is 39.0 Å². The van der Waals surface area contributed by atoms with Gasteiger partial charge in [-0.15, -0.1) is 0 Å². The maximum absolute atomic E-state index is 12.3. The van der Waals surface area contributed by atoms with Crippen molar-refractivity contribution in [2.45, 2.75) is 45.6 Å². The third-order valence-electron chi connectivity index (χ3n) is 4.48. The van der Waals surface area contributed by atoms with Gasteiger partial charge < -0.3 is 20.8 Å². The summed E-state index contributed by atoms with van der Waals surface area (Å²) in [6.45, 7) is 5.14. The fourth-order valence-corrected chi connectivity index (χ4v) is 3.06. The number of aromatic amines is 1. The van der Waals surface area contributed by atoms with Crippen LogP contribution in [-0.4, -0.2) is 39.3 Å². The first-order chi connectivity index (χ1) is 11.7. The highest BCUT2D eigenvalue weighted by Gasteiger charge is 2.17. The van der Waals surface area contributed by atoms with E-state index >= 15 is 0 Å². The van der Waals surface area contributed by atoms with Gasteiger partial charge in [-0.25, -0.2) is 4.79 Å². The van der Waals surface area contributed by atoms with Crippen LogP contribution in [-0.2, 0) is 11.3 Å². The average molecular weight is 334 g/mol. The predicted octanol–water partition coefficient (Wildman–Crippen LogP) is 1.73. The Bertz CT molecular complexity index is 732. The zero-order chi connectivity index (χ0) is 16.9. The van der Waals surface area contributed by atoms with Crippen LogP contribution < -0.4 is 16.7 Å². The van der Waals surface area contributed by atoms with Crippen LogP contribution in [0, 0.1) is 5.92 Å². The van der Waals surface area contributed by atoms with E-state index in [9.17, 15) is 4.79 Å². The molecule has 0 spiro atoms. The van der Waals surface area contributed by atoms with E-state index in [-0.39, 0.29) is 5.69 Å². The van der Waals surface area contributed by atoms with E-state index in [1.165, 1.54) is 0 Å². The maximum Gasteiger partial charge on any atom is 0.327 e. The molecule has 0 bridgehead atoms. The molecule has 3 rings (SSSR count). The minimum Gasteiger partial charge on any atom is -0.382 e. The highest BCUT2D eigenvalue weighted by molar-refractivity contribution is 5.82. The molecule has 8 nitrogen and oxygen atoms in total. The number of hydrogen-bond acceptors (Lipinski definition) is 6. The van der Waals surface area contributed by atoms with Crippen LogP contribution in [0.25, 0.3) is 11.2 Å². The molecule has 4 N–H and O–H groups in total. The Morgan fingerprint density at radius 1 is 1.46 bits per heavy atom. The lowest BCUT2D eigenvalue weighted by molar-refractivity contribution is 0.0501. The zero-order valence-electron chi connectivity index (χ0n) is 14.2. The molecular weight excluding hydrogens is 308 g/mol. The number of aromatic nitrogens is 4. The molecule has 1 saturated heterocycles. The van der Waals surface area contributed by atoms with Gasteiger partial charge in [-0.3, -0.25) is 4.57 Å². The van der Waals surface area contributed by atoms with E-state index < -0.39 is 0 Å². The van der Waals surface area contributed by atoms with E-state index in [1.54, 1.807) is 4.57 Å². The number of rotatable bonds is 7. The summed E-state index contributed by atoms with van der Waals surface area (Å²) in [6, 6.07) is 0. The van der Waals surface area contributed by atoms with Crippen molar-refractivity contribution in [1.29, 1.82) is 0 Å². The lowest BCUT2D eigenvalue weighted by Gasteiger charge is -2.21. The normalized spacial score (nSPS) is 18.1. The molecule has 0 aliphatic carbocycles. The molecule has 2 aromatic heterocycles. The van der Waals surface area contributed by atoms with Crippen LogP contribution in [0.4, 0.5) is 11.8 Å². The zero-order valence-corrected chi connectivity index (χ0v) is 14.2. The molecule has 132 valence electrons. The van der Waals surface area contributed by atoms with Gasteiger partial charge in [-0.05, 0) is 31.6 Å². The molecule has 1 unspecified atom stereocenters. The minimum absolute atomic E-state index is 0.187. The fourth-order valence-electron chi connectivity index (χ4n) is 3.06. The smallest absolute Gasteiger partial charge is 0.327 e. The summed E-state index contributed by atoms with van der Waals surface area (Å²) >= 11 is 0. The van der Waals surface area contributed by atoms with Crippen LogP contribution in [0.2, 0.25) is 0 Å². The van der Waals surface area contributed by atoms with Crippen LogP contribution in [0.15, 0.2) is 4.79 Å². The largest absolute Gasteiger partial charge is 0.382 e. The number of fused-ring (bicyclic) bond motifs is 1. The lowest BCUT2D eigenvalue weighted by atomic mass is 9.99. The summed E-state index contributed by atoms with van der Waals surface area (Å²) < 4.78 is 7.17. The van der Waals surface area contributed by atoms with Crippen LogP contribution in [0.5, 0.6) is 0 Å². The number of nitrogen functional groups attached to an aromatic ring is 1. The first kappa shape index (κ1) is 16.8. The Labute approximate surface area is 140 Å². The number of hydrogen-bond donors (Lipinski definition) is 3. The van der Waals surface area contributed by atoms with Gasteiger partial charge in [-0.1, -0.05) is 13.3 Å². The van der Waals surface area contributed by atoms with E-state index in [4.69, 9.17) is 10.5 Å². The van der Waals surface area contributed by atoms with Gasteiger partial charge in [0.15, 0.2) is 11.5 Å². The monoisotopic (exact) mass is 334 g/mol. The Kier molecular flexibility index (Phi) is 5.34. The van der Waals surface area contributed by atoms with Gasteiger partial charge in [-0.2, -0.15) is 9.97 Å². The minimum atomic E-state index is -0.187. The van der Waals surface area contributed by atoms with E-state index in [1.807, 2.05) is 0 Å². The molecule has 0 aromatic carbocycles. The summed E-state index contributed by atoms with van der Waals surface area (Å²) in [6.07, 6.45) is 5.26. The number of imidazole rings is 1. The second-order valence-electron chi connectivity index (χ2n) is 6.37. The lowest BCUT2D eigenvalue weighted by Crippen LogP contribution is -2.23. The number of unbranched alkanes of at least 4 members (excludes halogenated alkanes) is 1. The van der Waals surface area contributed by atoms with Crippen molar-refractivity contribution < 1.29 is 4.74 Å². The van der Waals surface area contributed by atoms with Crippen molar-refractivity contribution >= 4 is 22.9 Å². The van der Waals surface area contributed by atoms with E-state index in [0.717, 1.165) is 51.9 Å². The quantitative estimate of drug-likeness (QED) is 0.665. The topological polar surface area (TPSA) is 111 Å².